The van der Waals surface area contributed by atoms with E-state index in [1.165, 1.54) is 0 Å². The molecule has 0 heterocycles. The molecule has 0 aliphatic heterocycles. The van der Waals surface area contributed by atoms with Crippen molar-refractivity contribution in [3.63, 3.8) is 0 Å². The molecule has 0 spiro atoms. The molecular formula is C11H13F. The Hall–Kier alpha value is -1.11. The van der Waals surface area contributed by atoms with Crippen LogP contribution in [0.2, 0.25) is 0 Å². The number of allylic oxidation sites excluding steroid dienone is 1. The Balaban J connectivity index is 3.23. The second-order valence-electron chi connectivity index (χ2n) is 2.96. The van der Waals surface area contributed by atoms with Gasteiger partial charge in [0.1, 0.15) is 5.82 Å². The summed E-state index contributed by atoms with van der Waals surface area (Å²) in [5.74, 6) is -0.124. The first-order valence-corrected chi connectivity index (χ1v) is 4.04. The van der Waals surface area contributed by atoms with Gasteiger partial charge >= 0.3 is 0 Å². The number of halogens is 1. The molecule has 1 rings (SSSR count). The third-order valence-corrected chi connectivity index (χ3v) is 1.89. The fourth-order valence-corrected chi connectivity index (χ4v) is 1.16. The summed E-state index contributed by atoms with van der Waals surface area (Å²) in [5, 5.41) is 0. The average Bonchev–Trinajstić information content (AvgIpc) is 2.01. The van der Waals surface area contributed by atoms with Gasteiger partial charge in [0, 0.05) is 0 Å². The molecule has 12 heavy (non-hydrogen) atoms. The van der Waals surface area contributed by atoms with Crippen LogP contribution in [-0.2, 0) is 0 Å². The van der Waals surface area contributed by atoms with Crippen molar-refractivity contribution in [3.05, 3.63) is 40.7 Å². The summed E-state index contributed by atoms with van der Waals surface area (Å²) < 4.78 is 13.0. The van der Waals surface area contributed by atoms with Crippen LogP contribution in [0.25, 0.3) is 6.08 Å². The molecule has 0 bridgehead atoms. The van der Waals surface area contributed by atoms with Crippen molar-refractivity contribution < 1.29 is 4.39 Å². The molecule has 0 aliphatic carbocycles. The van der Waals surface area contributed by atoms with Crippen LogP contribution in [-0.4, -0.2) is 0 Å². The largest absolute Gasteiger partial charge is 0.207 e. The Morgan fingerprint density at radius 1 is 1.17 bits per heavy atom. The van der Waals surface area contributed by atoms with Gasteiger partial charge in [0.2, 0.25) is 0 Å². The predicted octanol–water partition coefficient (Wildman–Crippen LogP) is 3.48. The van der Waals surface area contributed by atoms with Crippen molar-refractivity contribution >= 4 is 6.08 Å². The smallest absolute Gasteiger partial charge is 0.126 e. The van der Waals surface area contributed by atoms with Crippen molar-refractivity contribution in [1.82, 2.24) is 0 Å². The quantitative estimate of drug-likeness (QED) is 0.596. The molecule has 0 amide bonds. The molecule has 64 valence electrons. The second-order valence-corrected chi connectivity index (χ2v) is 2.96. The van der Waals surface area contributed by atoms with Gasteiger partial charge in [0.15, 0.2) is 0 Å². The number of hydrogen-bond acceptors (Lipinski definition) is 0. The molecule has 0 saturated heterocycles. The van der Waals surface area contributed by atoms with E-state index in [1.54, 1.807) is 13.0 Å². The molecule has 0 atom stereocenters. The van der Waals surface area contributed by atoms with Crippen LogP contribution in [0.4, 0.5) is 4.39 Å². The van der Waals surface area contributed by atoms with Crippen LogP contribution >= 0.6 is 0 Å². The van der Waals surface area contributed by atoms with E-state index in [0.717, 1.165) is 11.1 Å². The maximum atomic E-state index is 13.0. The predicted molar refractivity (Wildman–Crippen MR) is 50.6 cm³/mol. The summed E-state index contributed by atoms with van der Waals surface area (Å²) in [5.41, 5.74) is 2.78. The van der Waals surface area contributed by atoms with Crippen molar-refractivity contribution in [2.75, 3.05) is 0 Å². The van der Waals surface area contributed by atoms with Crippen molar-refractivity contribution in [2.24, 2.45) is 0 Å². The lowest BCUT2D eigenvalue weighted by Gasteiger charge is -2.02. The Morgan fingerprint density at radius 3 is 2.42 bits per heavy atom. The minimum atomic E-state index is -0.124. The first-order chi connectivity index (χ1) is 5.65. The molecule has 0 aliphatic rings. The molecule has 1 heteroatoms. The SMILES string of the molecule is C/C=C\c1cc(C)c(F)cc1C. The maximum absolute atomic E-state index is 13.0. The summed E-state index contributed by atoms with van der Waals surface area (Å²) in [6, 6.07) is 3.44. The lowest BCUT2D eigenvalue weighted by Crippen LogP contribution is -1.87. The van der Waals surface area contributed by atoms with Gasteiger partial charge in [-0.1, -0.05) is 12.2 Å². The Bertz CT molecular complexity index is 311. The van der Waals surface area contributed by atoms with Crippen molar-refractivity contribution in [2.45, 2.75) is 20.8 Å². The summed E-state index contributed by atoms with van der Waals surface area (Å²) >= 11 is 0. The van der Waals surface area contributed by atoms with E-state index >= 15 is 0 Å². The highest BCUT2D eigenvalue weighted by atomic mass is 19.1. The van der Waals surface area contributed by atoms with E-state index in [1.807, 2.05) is 32.1 Å². The average molecular weight is 164 g/mol. The van der Waals surface area contributed by atoms with Crippen LogP contribution in [0.1, 0.15) is 23.6 Å². The zero-order chi connectivity index (χ0) is 9.14. The van der Waals surface area contributed by atoms with Crippen LogP contribution < -0.4 is 0 Å². The molecule has 1 aromatic rings. The minimum absolute atomic E-state index is 0.124. The number of benzene rings is 1. The highest BCUT2D eigenvalue weighted by Gasteiger charge is 2.00. The second kappa shape index (κ2) is 3.53. The molecular weight excluding hydrogens is 151 g/mol. The normalized spacial score (nSPS) is 11.0. The maximum Gasteiger partial charge on any atom is 0.126 e. The van der Waals surface area contributed by atoms with Crippen molar-refractivity contribution in [1.29, 1.82) is 0 Å². The Kier molecular flexibility index (Phi) is 2.64. The zero-order valence-electron chi connectivity index (χ0n) is 7.69. The molecule has 0 unspecified atom stereocenters. The molecule has 1 aromatic carbocycles. The molecule has 0 N–H and O–H groups in total. The van der Waals surface area contributed by atoms with Gasteiger partial charge in [-0.3, -0.25) is 0 Å². The van der Waals surface area contributed by atoms with Crippen LogP contribution in [0.5, 0.6) is 0 Å². The lowest BCUT2D eigenvalue weighted by atomic mass is 10.0. The summed E-state index contributed by atoms with van der Waals surface area (Å²) in [7, 11) is 0. The zero-order valence-corrected chi connectivity index (χ0v) is 7.69. The highest BCUT2D eigenvalue weighted by Crippen LogP contribution is 2.15. The molecule has 0 saturated carbocycles. The Morgan fingerprint density at radius 2 is 1.83 bits per heavy atom. The summed E-state index contributed by atoms with van der Waals surface area (Å²) in [6.07, 6.45) is 3.95. The molecule has 0 radical (unpaired) electrons. The van der Waals surface area contributed by atoms with Gasteiger partial charge in [-0.25, -0.2) is 4.39 Å². The van der Waals surface area contributed by atoms with Gasteiger partial charge in [0.25, 0.3) is 0 Å². The fraction of sp³-hybridized carbons (Fsp3) is 0.273. The summed E-state index contributed by atoms with van der Waals surface area (Å²) in [4.78, 5) is 0. The molecule has 0 aromatic heterocycles. The van der Waals surface area contributed by atoms with E-state index < -0.39 is 0 Å². The van der Waals surface area contributed by atoms with E-state index in [0.29, 0.717) is 5.56 Å². The van der Waals surface area contributed by atoms with Gasteiger partial charge in [-0.15, -0.1) is 0 Å². The minimum Gasteiger partial charge on any atom is -0.207 e. The lowest BCUT2D eigenvalue weighted by molar-refractivity contribution is 0.617. The topological polar surface area (TPSA) is 0 Å². The monoisotopic (exact) mass is 164 g/mol. The van der Waals surface area contributed by atoms with Crippen molar-refractivity contribution in [3.8, 4) is 0 Å². The van der Waals surface area contributed by atoms with Crippen LogP contribution in [0.3, 0.4) is 0 Å². The molecule has 0 nitrogen and oxygen atoms in total. The standard InChI is InChI=1S/C11H13F/c1-4-5-10-6-9(3)11(12)7-8(10)2/h4-7H,1-3H3/b5-4-. The number of hydrogen-bond donors (Lipinski definition) is 0. The van der Waals surface area contributed by atoms with E-state index in [4.69, 9.17) is 0 Å². The van der Waals surface area contributed by atoms with E-state index in [-0.39, 0.29) is 5.82 Å². The van der Waals surface area contributed by atoms with Gasteiger partial charge < -0.3 is 0 Å². The molecule has 0 fully saturated rings. The van der Waals surface area contributed by atoms with E-state index in [2.05, 4.69) is 0 Å². The first kappa shape index (κ1) is 8.98. The fourth-order valence-electron chi connectivity index (χ4n) is 1.16. The van der Waals surface area contributed by atoms with Crippen LogP contribution in [0.15, 0.2) is 18.2 Å². The van der Waals surface area contributed by atoms with Crippen LogP contribution in [0, 0.1) is 19.7 Å². The van der Waals surface area contributed by atoms with E-state index in [9.17, 15) is 4.39 Å². The van der Waals surface area contributed by atoms with Gasteiger partial charge in [0.05, 0.1) is 0 Å². The number of aryl methyl sites for hydroxylation is 2. The third-order valence-electron chi connectivity index (χ3n) is 1.89. The number of rotatable bonds is 1. The summed E-state index contributed by atoms with van der Waals surface area (Å²) in [6.45, 7) is 5.65. The highest BCUT2D eigenvalue weighted by molar-refractivity contribution is 5.54. The van der Waals surface area contributed by atoms with Gasteiger partial charge in [-0.2, -0.15) is 0 Å². The first-order valence-electron chi connectivity index (χ1n) is 4.04. The third kappa shape index (κ3) is 1.73. The Labute approximate surface area is 72.7 Å². The van der Waals surface area contributed by atoms with Gasteiger partial charge in [-0.05, 0) is 49.6 Å².